The van der Waals surface area contributed by atoms with E-state index in [0.29, 0.717) is 13.0 Å². The fourth-order valence-corrected chi connectivity index (χ4v) is 3.39. The summed E-state index contributed by atoms with van der Waals surface area (Å²) in [6.07, 6.45) is 2.39. The van der Waals surface area contributed by atoms with E-state index in [0.717, 1.165) is 32.0 Å². The highest BCUT2D eigenvalue weighted by Crippen LogP contribution is 2.14. The highest BCUT2D eigenvalue weighted by Gasteiger charge is 2.36. The normalized spacial score (nSPS) is 11.6. The zero-order valence-corrected chi connectivity index (χ0v) is 13.6. The fourth-order valence-electron chi connectivity index (χ4n) is 1.67. The molecule has 0 atom stereocenters. The molecule has 0 aliphatic rings. The van der Waals surface area contributed by atoms with Crippen molar-refractivity contribution in [1.82, 2.24) is 10.6 Å². The quantitative estimate of drug-likeness (QED) is 0.410. The standard InChI is InChI=1S/C12H28N2O4Si/c1-5-8-14-12(15)7-10-13-9-6-11-19(16-2,17-3)18-4/h13H,5-11H2,1-4H3,(H,14,15). The predicted molar refractivity (Wildman–Crippen MR) is 77.0 cm³/mol. The largest absolute Gasteiger partial charge is 0.500 e. The van der Waals surface area contributed by atoms with Gasteiger partial charge in [-0.15, -0.1) is 0 Å². The van der Waals surface area contributed by atoms with Crippen molar-refractivity contribution in [3.63, 3.8) is 0 Å². The molecule has 0 saturated heterocycles. The predicted octanol–water partition coefficient (Wildman–Crippen LogP) is 0.761. The van der Waals surface area contributed by atoms with Gasteiger partial charge in [0.25, 0.3) is 0 Å². The van der Waals surface area contributed by atoms with Gasteiger partial charge in [0, 0.05) is 46.9 Å². The van der Waals surface area contributed by atoms with Gasteiger partial charge in [-0.25, -0.2) is 0 Å². The summed E-state index contributed by atoms with van der Waals surface area (Å²) in [5, 5.41) is 6.08. The van der Waals surface area contributed by atoms with E-state index in [4.69, 9.17) is 13.3 Å². The zero-order valence-electron chi connectivity index (χ0n) is 12.6. The summed E-state index contributed by atoms with van der Waals surface area (Å²) < 4.78 is 16.0. The van der Waals surface area contributed by atoms with Gasteiger partial charge < -0.3 is 23.9 Å². The molecule has 19 heavy (non-hydrogen) atoms. The first kappa shape index (κ1) is 18.5. The van der Waals surface area contributed by atoms with Crippen molar-refractivity contribution < 1.29 is 18.1 Å². The minimum absolute atomic E-state index is 0.101. The van der Waals surface area contributed by atoms with Crippen LogP contribution in [0.3, 0.4) is 0 Å². The second-order valence-electron chi connectivity index (χ2n) is 4.25. The lowest BCUT2D eigenvalue weighted by molar-refractivity contribution is -0.120. The van der Waals surface area contributed by atoms with Gasteiger partial charge in [0.2, 0.25) is 5.91 Å². The van der Waals surface area contributed by atoms with Crippen molar-refractivity contribution in [1.29, 1.82) is 0 Å². The minimum atomic E-state index is -2.44. The molecule has 0 unspecified atom stereocenters. The number of hydrogen-bond acceptors (Lipinski definition) is 5. The molecule has 2 N–H and O–H groups in total. The highest BCUT2D eigenvalue weighted by atomic mass is 28.4. The molecule has 0 aromatic rings. The van der Waals surface area contributed by atoms with E-state index in [-0.39, 0.29) is 5.91 Å². The van der Waals surface area contributed by atoms with E-state index in [1.807, 2.05) is 6.92 Å². The molecule has 114 valence electrons. The molecule has 0 fully saturated rings. The summed E-state index contributed by atoms with van der Waals surface area (Å²) >= 11 is 0. The Morgan fingerprint density at radius 1 is 1.05 bits per heavy atom. The lowest BCUT2D eigenvalue weighted by atomic mass is 10.3. The van der Waals surface area contributed by atoms with Crippen LogP contribution in [0.25, 0.3) is 0 Å². The average Bonchev–Trinajstić information content (AvgIpc) is 2.45. The molecular weight excluding hydrogens is 264 g/mol. The van der Waals surface area contributed by atoms with Gasteiger partial charge in [0.05, 0.1) is 0 Å². The summed E-state index contributed by atoms with van der Waals surface area (Å²) in [5.41, 5.74) is 0. The number of rotatable bonds is 12. The van der Waals surface area contributed by atoms with E-state index >= 15 is 0 Å². The van der Waals surface area contributed by atoms with Gasteiger partial charge in [-0.3, -0.25) is 4.79 Å². The van der Waals surface area contributed by atoms with Crippen LogP contribution in [0.5, 0.6) is 0 Å². The van der Waals surface area contributed by atoms with E-state index in [2.05, 4.69) is 10.6 Å². The Morgan fingerprint density at radius 3 is 2.21 bits per heavy atom. The van der Waals surface area contributed by atoms with Gasteiger partial charge >= 0.3 is 8.80 Å². The molecule has 0 aliphatic carbocycles. The lowest BCUT2D eigenvalue weighted by Crippen LogP contribution is -2.43. The molecule has 0 rings (SSSR count). The van der Waals surface area contributed by atoms with Crippen LogP contribution >= 0.6 is 0 Å². The van der Waals surface area contributed by atoms with Crippen LogP contribution in [-0.4, -0.2) is 55.7 Å². The number of carbonyl (C=O) groups is 1. The molecule has 7 heteroatoms. The van der Waals surface area contributed by atoms with Crippen molar-refractivity contribution in [3.05, 3.63) is 0 Å². The Kier molecular flexibility index (Phi) is 11.1. The molecule has 1 amide bonds. The number of nitrogens with one attached hydrogen (secondary N) is 2. The molecule has 0 saturated carbocycles. The summed E-state index contributed by atoms with van der Waals surface area (Å²) in [4.78, 5) is 11.3. The maximum Gasteiger partial charge on any atom is 0.500 e. The Morgan fingerprint density at radius 2 is 1.68 bits per heavy atom. The first-order chi connectivity index (χ1) is 9.14. The van der Waals surface area contributed by atoms with Crippen molar-refractivity contribution in [2.24, 2.45) is 0 Å². The smallest absolute Gasteiger partial charge is 0.377 e. The SMILES string of the molecule is CCCNC(=O)CCNCCC[Si](OC)(OC)OC. The monoisotopic (exact) mass is 292 g/mol. The molecule has 0 aliphatic heterocycles. The van der Waals surface area contributed by atoms with Crippen LogP contribution in [-0.2, 0) is 18.1 Å². The van der Waals surface area contributed by atoms with E-state index < -0.39 is 8.80 Å². The molecule has 0 bridgehead atoms. The zero-order chi connectivity index (χ0) is 14.6. The average molecular weight is 292 g/mol. The van der Waals surface area contributed by atoms with Gasteiger partial charge in [0.1, 0.15) is 0 Å². The fraction of sp³-hybridized carbons (Fsp3) is 0.917. The Balaban J connectivity index is 3.56. The molecule has 6 nitrogen and oxygen atoms in total. The summed E-state index contributed by atoms with van der Waals surface area (Å²) in [5.74, 6) is 0.101. The van der Waals surface area contributed by atoms with E-state index in [9.17, 15) is 4.79 Å². The third-order valence-electron chi connectivity index (χ3n) is 2.87. The van der Waals surface area contributed by atoms with Crippen LogP contribution < -0.4 is 10.6 Å². The van der Waals surface area contributed by atoms with Gasteiger partial charge in [-0.1, -0.05) is 6.92 Å². The topological polar surface area (TPSA) is 68.8 Å². The first-order valence-corrected chi connectivity index (χ1v) is 8.70. The van der Waals surface area contributed by atoms with Gasteiger partial charge in [-0.2, -0.15) is 0 Å². The van der Waals surface area contributed by atoms with Crippen molar-refractivity contribution in [3.8, 4) is 0 Å². The molecular formula is C12H28N2O4Si. The van der Waals surface area contributed by atoms with Crippen molar-refractivity contribution in [2.75, 3.05) is 41.0 Å². The molecule has 0 spiro atoms. The minimum Gasteiger partial charge on any atom is -0.377 e. The molecule has 0 heterocycles. The second kappa shape index (κ2) is 11.4. The Labute approximate surface area is 117 Å². The maximum absolute atomic E-state index is 11.3. The summed E-state index contributed by atoms with van der Waals surface area (Å²) in [6, 6.07) is 0.769. The molecule has 0 radical (unpaired) electrons. The highest BCUT2D eigenvalue weighted by molar-refractivity contribution is 6.60. The van der Waals surface area contributed by atoms with E-state index in [1.54, 1.807) is 21.3 Å². The first-order valence-electron chi connectivity index (χ1n) is 6.77. The lowest BCUT2D eigenvalue weighted by Gasteiger charge is -2.24. The van der Waals surface area contributed by atoms with Crippen LogP contribution in [0.1, 0.15) is 26.2 Å². The Hall–Kier alpha value is -0.473. The summed E-state index contributed by atoms with van der Waals surface area (Å²) in [6.45, 7) is 4.31. The van der Waals surface area contributed by atoms with Crippen molar-refractivity contribution >= 4 is 14.7 Å². The third-order valence-corrected chi connectivity index (χ3v) is 5.70. The number of amides is 1. The maximum atomic E-state index is 11.3. The van der Waals surface area contributed by atoms with E-state index in [1.165, 1.54) is 0 Å². The summed E-state index contributed by atoms with van der Waals surface area (Å²) in [7, 11) is 2.41. The van der Waals surface area contributed by atoms with Gasteiger partial charge in [-0.05, 0) is 19.4 Å². The van der Waals surface area contributed by atoms with Crippen molar-refractivity contribution in [2.45, 2.75) is 32.2 Å². The number of carbonyl (C=O) groups excluding carboxylic acids is 1. The van der Waals surface area contributed by atoms with Gasteiger partial charge in [0.15, 0.2) is 0 Å². The van der Waals surface area contributed by atoms with Crippen LogP contribution in [0.4, 0.5) is 0 Å². The van der Waals surface area contributed by atoms with Crippen LogP contribution in [0.15, 0.2) is 0 Å². The second-order valence-corrected chi connectivity index (χ2v) is 7.34. The van der Waals surface area contributed by atoms with Crippen LogP contribution in [0.2, 0.25) is 6.04 Å². The molecule has 0 aromatic heterocycles. The Bertz CT molecular complexity index is 230. The third kappa shape index (κ3) is 8.33. The van der Waals surface area contributed by atoms with Crippen LogP contribution in [0, 0.1) is 0 Å². The molecule has 0 aromatic carbocycles. The number of hydrogen-bond donors (Lipinski definition) is 2.